The molecule has 0 spiro atoms. The zero-order valence-electron chi connectivity index (χ0n) is 13.2. The van der Waals surface area contributed by atoms with Gasteiger partial charge in [0.2, 0.25) is 5.91 Å². The van der Waals surface area contributed by atoms with Gasteiger partial charge in [0, 0.05) is 19.5 Å². The van der Waals surface area contributed by atoms with Gasteiger partial charge in [0.25, 0.3) is 0 Å². The first-order valence-corrected chi connectivity index (χ1v) is 7.52. The molecule has 0 saturated carbocycles. The van der Waals surface area contributed by atoms with Crippen molar-refractivity contribution in [3.8, 4) is 5.75 Å². The topological polar surface area (TPSA) is 76.4 Å². The van der Waals surface area contributed by atoms with Crippen LogP contribution < -0.4 is 21.1 Å². The Morgan fingerprint density at radius 2 is 2.14 bits per heavy atom. The molecule has 5 nitrogen and oxygen atoms in total. The van der Waals surface area contributed by atoms with Gasteiger partial charge < -0.3 is 21.1 Å². The fourth-order valence-corrected chi connectivity index (χ4v) is 2.14. The van der Waals surface area contributed by atoms with Gasteiger partial charge in [0.05, 0.1) is 12.3 Å². The predicted molar refractivity (Wildman–Crippen MR) is 86.5 cm³/mol. The highest BCUT2D eigenvalue weighted by Gasteiger charge is 2.06. The zero-order chi connectivity index (χ0) is 15.7. The van der Waals surface area contributed by atoms with Gasteiger partial charge in [-0.15, -0.1) is 0 Å². The maximum Gasteiger partial charge on any atom is 0.216 e. The summed E-state index contributed by atoms with van der Waals surface area (Å²) in [5.74, 6) is 0.769. The molecular weight excluding hydrogens is 266 g/mol. The minimum Gasteiger partial charge on any atom is -0.492 e. The van der Waals surface area contributed by atoms with Crippen molar-refractivity contribution in [3.05, 3.63) is 23.8 Å². The van der Waals surface area contributed by atoms with Crippen molar-refractivity contribution in [2.45, 2.75) is 39.7 Å². The minimum absolute atomic E-state index is 0.0212. The third kappa shape index (κ3) is 6.99. The lowest BCUT2D eigenvalue weighted by molar-refractivity contribution is -0.118. The number of nitrogens with two attached hydrogens (primary N) is 1. The molecule has 1 aromatic rings. The smallest absolute Gasteiger partial charge is 0.216 e. The molecule has 4 N–H and O–H groups in total. The Balaban J connectivity index is 2.32. The van der Waals surface area contributed by atoms with Crippen LogP contribution in [0.4, 0.5) is 5.69 Å². The van der Waals surface area contributed by atoms with Gasteiger partial charge in [0.1, 0.15) is 5.75 Å². The second kappa shape index (κ2) is 9.23. The lowest BCUT2D eigenvalue weighted by Crippen LogP contribution is -2.31. The van der Waals surface area contributed by atoms with Crippen molar-refractivity contribution < 1.29 is 9.53 Å². The fraction of sp³-hybridized carbons (Fsp3) is 0.562. The number of nitrogens with one attached hydrogen (secondary N) is 2. The maximum atomic E-state index is 10.7. The zero-order valence-corrected chi connectivity index (χ0v) is 13.2. The van der Waals surface area contributed by atoms with Crippen LogP contribution in [0.3, 0.4) is 0 Å². The van der Waals surface area contributed by atoms with Crippen LogP contribution in [0, 0.1) is 0 Å². The number of hydrogen-bond acceptors (Lipinski definition) is 4. The van der Waals surface area contributed by atoms with E-state index in [9.17, 15) is 4.79 Å². The second-order valence-electron chi connectivity index (χ2n) is 5.20. The number of rotatable bonds is 9. The van der Waals surface area contributed by atoms with Crippen LogP contribution in [0.2, 0.25) is 0 Å². The molecule has 1 amide bonds. The molecule has 1 aromatic carbocycles. The van der Waals surface area contributed by atoms with E-state index in [0.717, 1.165) is 25.1 Å². The minimum atomic E-state index is 0.0212. The summed E-state index contributed by atoms with van der Waals surface area (Å²) in [5.41, 5.74) is 7.85. The van der Waals surface area contributed by atoms with E-state index in [-0.39, 0.29) is 5.91 Å². The molecule has 1 atom stereocenters. The molecule has 0 aliphatic heterocycles. The molecule has 0 saturated heterocycles. The van der Waals surface area contributed by atoms with Gasteiger partial charge in [-0.05, 0) is 50.9 Å². The summed E-state index contributed by atoms with van der Waals surface area (Å²) in [6, 6.07) is 6.31. The van der Waals surface area contributed by atoms with E-state index in [1.165, 1.54) is 12.5 Å². The van der Waals surface area contributed by atoms with Crippen molar-refractivity contribution in [2.24, 2.45) is 0 Å². The Labute approximate surface area is 127 Å². The van der Waals surface area contributed by atoms with Crippen molar-refractivity contribution >= 4 is 11.6 Å². The summed E-state index contributed by atoms with van der Waals surface area (Å²) >= 11 is 0. The summed E-state index contributed by atoms with van der Waals surface area (Å²) in [4.78, 5) is 10.7. The number of benzene rings is 1. The van der Waals surface area contributed by atoms with Gasteiger partial charge >= 0.3 is 0 Å². The number of hydrogen-bond donors (Lipinski definition) is 3. The number of nitrogen functional groups attached to an aromatic ring is 1. The van der Waals surface area contributed by atoms with E-state index in [1.807, 2.05) is 19.1 Å². The van der Waals surface area contributed by atoms with Crippen LogP contribution >= 0.6 is 0 Å². The first-order chi connectivity index (χ1) is 10.0. The van der Waals surface area contributed by atoms with Crippen LogP contribution in [-0.2, 0) is 11.2 Å². The Bertz CT molecular complexity index is 449. The van der Waals surface area contributed by atoms with Crippen LogP contribution in [0.25, 0.3) is 0 Å². The van der Waals surface area contributed by atoms with E-state index in [2.05, 4.69) is 23.6 Å². The molecule has 5 heteroatoms. The third-order valence-electron chi connectivity index (χ3n) is 3.14. The summed E-state index contributed by atoms with van der Waals surface area (Å²) in [7, 11) is 0. The average molecular weight is 293 g/mol. The number of ether oxygens (including phenoxy) is 1. The Kier molecular flexibility index (Phi) is 7.61. The summed E-state index contributed by atoms with van der Waals surface area (Å²) in [5, 5.41) is 6.23. The maximum absolute atomic E-state index is 10.7. The van der Waals surface area contributed by atoms with E-state index in [4.69, 9.17) is 10.5 Å². The van der Waals surface area contributed by atoms with Crippen LogP contribution in [0.5, 0.6) is 5.75 Å². The normalized spacial score (nSPS) is 12.0. The van der Waals surface area contributed by atoms with Gasteiger partial charge in [0.15, 0.2) is 0 Å². The average Bonchev–Trinajstić information content (AvgIpc) is 2.41. The highest BCUT2D eigenvalue weighted by molar-refractivity contribution is 5.72. The molecule has 21 heavy (non-hydrogen) atoms. The molecule has 0 aromatic heterocycles. The lowest BCUT2D eigenvalue weighted by Gasteiger charge is -2.15. The molecule has 0 aliphatic carbocycles. The molecule has 0 aliphatic rings. The van der Waals surface area contributed by atoms with Gasteiger partial charge in [-0.1, -0.05) is 6.07 Å². The van der Waals surface area contributed by atoms with E-state index in [0.29, 0.717) is 24.9 Å². The van der Waals surface area contributed by atoms with Crippen molar-refractivity contribution in [1.29, 1.82) is 0 Å². The molecule has 118 valence electrons. The van der Waals surface area contributed by atoms with Gasteiger partial charge in [-0.3, -0.25) is 4.79 Å². The highest BCUT2D eigenvalue weighted by atomic mass is 16.5. The Hall–Kier alpha value is -1.75. The van der Waals surface area contributed by atoms with E-state index < -0.39 is 0 Å². The quantitative estimate of drug-likeness (QED) is 0.478. The van der Waals surface area contributed by atoms with Crippen molar-refractivity contribution in [1.82, 2.24) is 10.6 Å². The molecule has 0 bridgehead atoms. The summed E-state index contributed by atoms with van der Waals surface area (Å²) in [6.45, 7) is 7.84. The Morgan fingerprint density at radius 3 is 2.76 bits per heavy atom. The SMILES string of the molecule is CCOc1ccc(CC(C)NCCCNC(C)=O)cc1N. The first-order valence-electron chi connectivity index (χ1n) is 7.52. The molecule has 1 unspecified atom stereocenters. The van der Waals surface area contributed by atoms with Gasteiger partial charge in [-0.2, -0.15) is 0 Å². The second-order valence-corrected chi connectivity index (χ2v) is 5.20. The number of anilines is 1. The number of carbonyl (C=O) groups is 1. The molecule has 0 heterocycles. The highest BCUT2D eigenvalue weighted by Crippen LogP contribution is 2.23. The van der Waals surface area contributed by atoms with Crippen molar-refractivity contribution in [3.63, 3.8) is 0 Å². The summed E-state index contributed by atoms with van der Waals surface area (Å²) < 4.78 is 5.43. The fourth-order valence-electron chi connectivity index (χ4n) is 2.14. The van der Waals surface area contributed by atoms with Gasteiger partial charge in [-0.25, -0.2) is 0 Å². The lowest BCUT2D eigenvalue weighted by atomic mass is 10.1. The largest absolute Gasteiger partial charge is 0.492 e. The van der Waals surface area contributed by atoms with Crippen LogP contribution in [-0.4, -0.2) is 31.6 Å². The molecular formula is C16H27N3O2. The van der Waals surface area contributed by atoms with Crippen LogP contribution in [0.1, 0.15) is 32.8 Å². The van der Waals surface area contributed by atoms with E-state index >= 15 is 0 Å². The number of carbonyl (C=O) groups excluding carboxylic acids is 1. The molecule has 1 rings (SSSR count). The van der Waals surface area contributed by atoms with E-state index in [1.54, 1.807) is 0 Å². The number of amides is 1. The first kappa shape index (κ1) is 17.3. The Morgan fingerprint density at radius 1 is 1.38 bits per heavy atom. The monoisotopic (exact) mass is 293 g/mol. The standard InChI is InChI=1S/C16H27N3O2/c1-4-21-16-7-6-14(11-15(16)17)10-12(2)18-8-5-9-19-13(3)20/h6-7,11-12,18H,4-5,8-10,17H2,1-3H3,(H,19,20). The molecule has 0 fully saturated rings. The third-order valence-corrected chi connectivity index (χ3v) is 3.14. The summed E-state index contributed by atoms with van der Waals surface area (Å²) in [6.07, 6.45) is 1.84. The van der Waals surface area contributed by atoms with Crippen molar-refractivity contribution in [2.75, 3.05) is 25.4 Å². The van der Waals surface area contributed by atoms with Crippen LogP contribution in [0.15, 0.2) is 18.2 Å². The molecule has 0 radical (unpaired) electrons. The predicted octanol–water partition coefficient (Wildman–Crippen LogP) is 1.71.